The first-order valence-corrected chi connectivity index (χ1v) is 12.5. The minimum absolute atomic E-state index is 0.160. The molecule has 8 heteroatoms. The monoisotopic (exact) mass is 507 g/mol. The van der Waals surface area contributed by atoms with Crippen molar-refractivity contribution in [3.8, 4) is 28.3 Å². The fraction of sp³-hybridized carbons (Fsp3) is 0.167. The molecular formula is C30H26FN5O2. The Labute approximate surface area is 219 Å². The van der Waals surface area contributed by atoms with Gasteiger partial charge in [-0.05, 0) is 30.3 Å². The number of rotatable bonds is 5. The Hall–Kier alpha value is -4.72. The van der Waals surface area contributed by atoms with Gasteiger partial charge in [0.05, 0.1) is 24.2 Å². The van der Waals surface area contributed by atoms with E-state index in [2.05, 4.69) is 0 Å². The lowest BCUT2D eigenvalue weighted by atomic mass is 10.1. The molecule has 190 valence electrons. The van der Waals surface area contributed by atoms with Gasteiger partial charge < -0.3 is 14.5 Å². The van der Waals surface area contributed by atoms with Gasteiger partial charge in [0, 0.05) is 43.4 Å². The summed E-state index contributed by atoms with van der Waals surface area (Å²) >= 11 is 0. The van der Waals surface area contributed by atoms with E-state index in [1.165, 1.54) is 6.07 Å². The van der Waals surface area contributed by atoms with Crippen LogP contribution in [0.3, 0.4) is 0 Å². The first kappa shape index (κ1) is 23.7. The molecule has 0 radical (unpaired) electrons. The zero-order valence-electron chi connectivity index (χ0n) is 20.9. The zero-order valence-corrected chi connectivity index (χ0v) is 20.9. The minimum atomic E-state index is -0.253. The van der Waals surface area contributed by atoms with Crippen LogP contribution in [0.5, 0.6) is 5.75 Å². The number of anilines is 1. The molecule has 7 nitrogen and oxygen atoms in total. The van der Waals surface area contributed by atoms with Crippen molar-refractivity contribution in [2.75, 3.05) is 38.2 Å². The molecule has 0 aliphatic carbocycles. The van der Waals surface area contributed by atoms with Crippen LogP contribution in [0.4, 0.5) is 10.1 Å². The van der Waals surface area contributed by atoms with Gasteiger partial charge in [0.2, 0.25) is 0 Å². The average Bonchev–Trinajstić information content (AvgIpc) is 3.42. The fourth-order valence-corrected chi connectivity index (χ4v) is 4.84. The van der Waals surface area contributed by atoms with Crippen LogP contribution in [0.2, 0.25) is 0 Å². The predicted molar refractivity (Wildman–Crippen MR) is 145 cm³/mol. The van der Waals surface area contributed by atoms with Crippen molar-refractivity contribution in [1.29, 1.82) is 0 Å². The van der Waals surface area contributed by atoms with Gasteiger partial charge in [-0.25, -0.2) is 13.9 Å². The van der Waals surface area contributed by atoms with Crippen molar-refractivity contribution < 1.29 is 13.9 Å². The lowest BCUT2D eigenvalue weighted by Gasteiger charge is -2.36. The molecule has 0 unspecified atom stereocenters. The predicted octanol–water partition coefficient (Wildman–Crippen LogP) is 5.17. The molecule has 3 aromatic carbocycles. The standard InChI is InChI=1S/C30H26FN5O2/c1-38-23-11-7-10-22(18-23)28-19-26(32-29-20-25(33-36(28)29)21-8-3-2-4-9-21)30(37)35-16-14-34(15-17-35)27-13-6-5-12-24(27)31/h2-13,18-20H,14-17H2,1H3. The summed E-state index contributed by atoms with van der Waals surface area (Å²) in [5, 5.41) is 4.83. The summed E-state index contributed by atoms with van der Waals surface area (Å²) in [5.41, 5.74) is 4.82. The molecule has 1 fully saturated rings. The number of benzene rings is 3. The van der Waals surface area contributed by atoms with Crippen LogP contribution in [-0.4, -0.2) is 58.7 Å². The lowest BCUT2D eigenvalue weighted by Crippen LogP contribution is -2.49. The average molecular weight is 508 g/mol. The quantitative estimate of drug-likeness (QED) is 0.328. The van der Waals surface area contributed by atoms with Crippen LogP contribution >= 0.6 is 0 Å². The van der Waals surface area contributed by atoms with Crippen molar-refractivity contribution in [2.24, 2.45) is 0 Å². The van der Waals surface area contributed by atoms with Gasteiger partial charge in [-0.1, -0.05) is 54.6 Å². The SMILES string of the molecule is COc1cccc(-c2cc(C(=O)N3CCN(c4ccccc4F)CC3)nc3cc(-c4ccccc4)nn23)c1. The number of nitrogens with zero attached hydrogens (tertiary/aromatic N) is 5. The number of para-hydroxylation sites is 1. The molecule has 1 amide bonds. The smallest absolute Gasteiger partial charge is 0.272 e. The molecule has 0 saturated carbocycles. The van der Waals surface area contributed by atoms with Crippen LogP contribution in [0, 0.1) is 5.82 Å². The van der Waals surface area contributed by atoms with Gasteiger partial charge in [0.25, 0.3) is 5.91 Å². The maximum absolute atomic E-state index is 14.3. The van der Waals surface area contributed by atoms with Gasteiger partial charge in [-0.3, -0.25) is 4.79 Å². The Bertz CT molecular complexity index is 1610. The fourth-order valence-electron chi connectivity index (χ4n) is 4.84. The highest BCUT2D eigenvalue weighted by molar-refractivity contribution is 5.94. The van der Waals surface area contributed by atoms with E-state index >= 15 is 0 Å². The van der Waals surface area contributed by atoms with E-state index in [0.29, 0.717) is 49.0 Å². The number of amides is 1. The Morgan fingerprint density at radius 2 is 1.58 bits per heavy atom. The van der Waals surface area contributed by atoms with Crippen molar-refractivity contribution in [3.05, 3.63) is 103 Å². The van der Waals surface area contributed by atoms with Crippen molar-refractivity contribution in [3.63, 3.8) is 0 Å². The Morgan fingerprint density at radius 1 is 0.842 bits per heavy atom. The summed E-state index contributed by atoms with van der Waals surface area (Å²) in [7, 11) is 1.62. The van der Waals surface area contributed by atoms with E-state index in [0.717, 1.165) is 22.5 Å². The summed E-state index contributed by atoms with van der Waals surface area (Å²) in [5.74, 6) is 0.296. The van der Waals surface area contributed by atoms with E-state index < -0.39 is 0 Å². The number of aromatic nitrogens is 3. The van der Waals surface area contributed by atoms with Crippen LogP contribution in [0.15, 0.2) is 91.0 Å². The molecule has 0 N–H and O–H groups in total. The summed E-state index contributed by atoms with van der Waals surface area (Å²) in [6, 6.07) is 28.0. The molecule has 0 spiro atoms. The number of hydrogen-bond donors (Lipinski definition) is 0. The molecule has 38 heavy (non-hydrogen) atoms. The summed E-state index contributed by atoms with van der Waals surface area (Å²) < 4.78 is 21.5. The molecule has 0 bridgehead atoms. The molecule has 1 saturated heterocycles. The highest BCUT2D eigenvalue weighted by Gasteiger charge is 2.26. The second-order valence-electron chi connectivity index (χ2n) is 9.15. The number of carbonyl (C=O) groups excluding carboxylic acids is 1. The maximum atomic E-state index is 14.3. The number of hydrogen-bond acceptors (Lipinski definition) is 5. The minimum Gasteiger partial charge on any atom is -0.497 e. The molecule has 3 heterocycles. The largest absolute Gasteiger partial charge is 0.497 e. The van der Waals surface area contributed by atoms with E-state index in [9.17, 15) is 9.18 Å². The number of ether oxygens (including phenoxy) is 1. The number of methoxy groups -OCH3 is 1. The number of piperazine rings is 1. The highest BCUT2D eigenvalue weighted by Crippen LogP contribution is 2.28. The van der Waals surface area contributed by atoms with Gasteiger partial charge in [0.15, 0.2) is 5.65 Å². The molecule has 5 aromatic rings. The van der Waals surface area contributed by atoms with Crippen LogP contribution < -0.4 is 9.64 Å². The molecule has 2 aromatic heterocycles. The number of fused-ring (bicyclic) bond motifs is 1. The molecule has 1 aliphatic rings. The molecular weight excluding hydrogens is 481 g/mol. The van der Waals surface area contributed by atoms with E-state index in [1.54, 1.807) is 34.7 Å². The third-order valence-electron chi connectivity index (χ3n) is 6.84. The van der Waals surface area contributed by atoms with Gasteiger partial charge >= 0.3 is 0 Å². The molecule has 1 aliphatic heterocycles. The summed E-state index contributed by atoms with van der Waals surface area (Å²) in [4.78, 5) is 22.1. The van der Waals surface area contributed by atoms with E-state index in [4.69, 9.17) is 14.8 Å². The normalized spacial score (nSPS) is 13.6. The first-order chi connectivity index (χ1) is 18.6. The Balaban J connectivity index is 1.36. The highest BCUT2D eigenvalue weighted by atomic mass is 19.1. The van der Waals surface area contributed by atoms with Crippen molar-refractivity contribution >= 4 is 17.2 Å². The van der Waals surface area contributed by atoms with E-state index in [1.807, 2.05) is 71.6 Å². The van der Waals surface area contributed by atoms with Crippen LogP contribution in [-0.2, 0) is 0 Å². The number of halogens is 1. The second-order valence-corrected chi connectivity index (χ2v) is 9.15. The Morgan fingerprint density at radius 3 is 2.34 bits per heavy atom. The molecule has 6 rings (SSSR count). The third-order valence-corrected chi connectivity index (χ3v) is 6.84. The molecule has 0 atom stereocenters. The van der Waals surface area contributed by atoms with Gasteiger partial charge in [0.1, 0.15) is 17.3 Å². The third kappa shape index (κ3) is 4.45. The van der Waals surface area contributed by atoms with Crippen molar-refractivity contribution in [2.45, 2.75) is 0 Å². The van der Waals surface area contributed by atoms with Crippen molar-refractivity contribution in [1.82, 2.24) is 19.5 Å². The Kier molecular flexibility index (Phi) is 6.21. The summed E-state index contributed by atoms with van der Waals surface area (Å²) in [6.07, 6.45) is 0. The van der Waals surface area contributed by atoms with Gasteiger partial charge in [-0.15, -0.1) is 0 Å². The number of carbonyl (C=O) groups is 1. The maximum Gasteiger partial charge on any atom is 0.272 e. The zero-order chi connectivity index (χ0) is 26.1. The van der Waals surface area contributed by atoms with Gasteiger partial charge in [-0.2, -0.15) is 5.10 Å². The first-order valence-electron chi connectivity index (χ1n) is 12.5. The van der Waals surface area contributed by atoms with Crippen LogP contribution in [0.1, 0.15) is 10.5 Å². The second kappa shape index (κ2) is 9.97. The lowest BCUT2D eigenvalue weighted by molar-refractivity contribution is 0.0741. The van der Waals surface area contributed by atoms with Crippen LogP contribution in [0.25, 0.3) is 28.2 Å². The van der Waals surface area contributed by atoms with E-state index in [-0.39, 0.29) is 11.7 Å². The topological polar surface area (TPSA) is 63.0 Å². The summed E-state index contributed by atoms with van der Waals surface area (Å²) in [6.45, 7) is 2.04.